The molecule has 7 heteroatoms. The van der Waals surface area contributed by atoms with Crippen LogP contribution in [-0.2, 0) is 14.8 Å². The first-order valence-corrected chi connectivity index (χ1v) is 11.3. The maximum absolute atomic E-state index is 13.8. The van der Waals surface area contributed by atoms with E-state index in [1.54, 1.807) is 24.3 Å². The largest absolute Gasteiger partial charge is 0.476 e. The van der Waals surface area contributed by atoms with Crippen molar-refractivity contribution in [3.63, 3.8) is 0 Å². The molecule has 1 aliphatic rings. The zero-order valence-electron chi connectivity index (χ0n) is 17.6. The molecule has 0 saturated heterocycles. The van der Waals surface area contributed by atoms with Gasteiger partial charge >= 0.3 is 0 Å². The van der Waals surface area contributed by atoms with Gasteiger partial charge < -0.3 is 10.1 Å². The molecule has 0 aromatic heterocycles. The summed E-state index contributed by atoms with van der Waals surface area (Å²) in [5.74, 6) is 0.0778. The number of nitrogens with one attached hydrogen (secondary N) is 1. The Hall–Kier alpha value is -2.54. The minimum Gasteiger partial charge on any atom is -0.476 e. The van der Waals surface area contributed by atoms with Gasteiger partial charge in [0.2, 0.25) is 0 Å². The van der Waals surface area contributed by atoms with E-state index in [9.17, 15) is 13.2 Å². The van der Waals surface area contributed by atoms with Crippen LogP contribution in [0.25, 0.3) is 0 Å². The third kappa shape index (κ3) is 3.83. The second-order valence-corrected chi connectivity index (χ2v) is 9.29. The normalized spacial score (nSPS) is 16.2. The van der Waals surface area contributed by atoms with Crippen LogP contribution in [0.4, 0.5) is 5.69 Å². The maximum atomic E-state index is 13.8. The van der Waals surface area contributed by atoms with Crippen molar-refractivity contribution in [3.05, 3.63) is 52.6 Å². The van der Waals surface area contributed by atoms with E-state index in [1.807, 2.05) is 40.7 Å². The number of hydrogen-bond acceptors (Lipinski definition) is 4. The van der Waals surface area contributed by atoms with Crippen molar-refractivity contribution < 1.29 is 17.9 Å². The predicted molar refractivity (Wildman–Crippen MR) is 114 cm³/mol. The molecule has 2 aromatic carbocycles. The zero-order valence-corrected chi connectivity index (χ0v) is 18.4. The molecule has 3 rings (SSSR count). The summed E-state index contributed by atoms with van der Waals surface area (Å²) in [6.07, 6.45) is -0.115. The molecule has 29 heavy (non-hydrogen) atoms. The molecule has 1 aliphatic heterocycles. The number of rotatable bonds is 5. The van der Waals surface area contributed by atoms with Crippen molar-refractivity contribution in [1.82, 2.24) is 5.32 Å². The minimum atomic E-state index is -3.90. The number of aryl methyl sites for hydroxylation is 2. The SMILES string of the molecule is CCCNC(=O)[C@@H]1CN(S(=O)(=O)c2c(C)c(C)cc(C)c2C)c2ccccc2O1. The van der Waals surface area contributed by atoms with Gasteiger partial charge in [-0.2, -0.15) is 0 Å². The highest BCUT2D eigenvalue weighted by molar-refractivity contribution is 7.93. The van der Waals surface area contributed by atoms with Gasteiger partial charge in [-0.1, -0.05) is 25.1 Å². The Balaban J connectivity index is 2.12. The van der Waals surface area contributed by atoms with E-state index in [2.05, 4.69) is 5.32 Å². The average Bonchev–Trinajstić information content (AvgIpc) is 2.69. The number of ether oxygens (including phenoxy) is 1. The summed E-state index contributed by atoms with van der Waals surface area (Å²) in [5, 5.41) is 2.80. The number of nitrogens with zero attached hydrogens (tertiary/aromatic N) is 1. The van der Waals surface area contributed by atoms with E-state index in [0.717, 1.165) is 28.7 Å². The van der Waals surface area contributed by atoms with Crippen molar-refractivity contribution in [2.75, 3.05) is 17.4 Å². The number of sulfonamides is 1. The Labute approximate surface area is 172 Å². The Kier molecular flexibility index (Phi) is 5.89. The smallest absolute Gasteiger partial charge is 0.265 e. The fourth-order valence-electron chi connectivity index (χ4n) is 3.61. The molecule has 1 amide bonds. The van der Waals surface area contributed by atoms with Gasteiger partial charge in [0.15, 0.2) is 6.10 Å². The molecule has 6 nitrogen and oxygen atoms in total. The maximum Gasteiger partial charge on any atom is 0.265 e. The van der Waals surface area contributed by atoms with Crippen LogP contribution in [0.3, 0.4) is 0 Å². The lowest BCUT2D eigenvalue weighted by atomic mass is 10.0. The molecule has 156 valence electrons. The van der Waals surface area contributed by atoms with Crippen LogP contribution in [-0.4, -0.2) is 33.5 Å². The third-order valence-corrected chi connectivity index (χ3v) is 7.48. The Bertz CT molecular complexity index is 1020. The molecule has 0 bridgehead atoms. The summed E-state index contributed by atoms with van der Waals surface area (Å²) in [5.41, 5.74) is 3.74. The lowest BCUT2D eigenvalue weighted by Gasteiger charge is -2.35. The monoisotopic (exact) mass is 416 g/mol. The molecular formula is C22H28N2O4S. The fourth-order valence-corrected chi connectivity index (χ4v) is 5.66. The van der Waals surface area contributed by atoms with Crippen LogP contribution in [0.1, 0.15) is 35.6 Å². The first-order valence-electron chi connectivity index (χ1n) is 9.82. The van der Waals surface area contributed by atoms with Crippen LogP contribution < -0.4 is 14.4 Å². The Morgan fingerprint density at radius 1 is 1.14 bits per heavy atom. The number of carbonyl (C=O) groups is 1. The summed E-state index contributed by atoms with van der Waals surface area (Å²) in [6, 6.07) is 8.93. The molecule has 1 N–H and O–H groups in total. The fraction of sp³-hybridized carbons (Fsp3) is 0.409. The highest BCUT2D eigenvalue weighted by Gasteiger charge is 2.38. The lowest BCUT2D eigenvalue weighted by Crippen LogP contribution is -2.51. The van der Waals surface area contributed by atoms with Crippen molar-refractivity contribution in [1.29, 1.82) is 0 Å². The van der Waals surface area contributed by atoms with Gasteiger partial charge in [-0.15, -0.1) is 0 Å². The van der Waals surface area contributed by atoms with Gasteiger partial charge in [-0.25, -0.2) is 8.42 Å². The van der Waals surface area contributed by atoms with Gasteiger partial charge in [0, 0.05) is 6.54 Å². The van der Waals surface area contributed by atoms with E-state index in [-0.39, 0.29) is 12.5 Å². The number of benzene rings is 2. The van der Waals surface area contributed by atoms with Crippen molar-refractivity contribution in [2.24, 2.45) is 0 Å². The Morgan fingerprint density at radius 2 is 1.76 bits per heavy atom. The van der Waals surface area contributed by atoms with E-state index >= 15 is 0 Å². The molecule has 1 heterocycles. The Morgan fingerprint density at radius 3 is 2.38 bits per heavy atom. The molecule has 0 spiro atoms. The average molecular weight is 417 g/mol. The van der Waals surface area contributed by atoms with E-state index in [0.29, 0.717) is 22.9 Å². The summed E-state index contributed by atoms with van der Waals surface area (Å²) in [4.78, 5) is 12.9. The highest BCUT2D eigenvalue weighted by atomic mass is 32.2. The van der Waals surface area contributed by atoms with Gasteiger partial charge in [0.25, 0.3) is 15.9 Å². The number of anilines is 1. The molecule has 2 aromatic rings. The first-order chi connectivity index (χ1) is 13.7. The molecule has 0 fully saturated rings. The first kappa shape index (κ1) is 21.2. The van der Waals surface area contributed by atoms with E-state index in [1.165, 1.54) is 4.31 Å². The van der Waals surface area contributed by atoms with Crippen molar-refractivity contribution in [2.45, 2.75) is 52.0 Å². The van der Waals surface area contributed by atoms with Gasteiger partial charge in [0.1, 0.15) is 5.75 Å². The van der Waals surface area contributed by atoms with Gasteiger partial charge in [-0.05, 0) is 68.5 Å². The third-order valence-electron chi connectivity index (χ3n) is 5.42. The zero-order chi connectivity index (χ0) is 21.3. The van der Waals surface area contributed by atoms with Crippen molar-refractivity contribution in [3.8, 4) is 5.75 Å². The number of hydrogen-bond donors (Lipinski definition) is 1. The summed E-state index contributed by atoms with van der Waals surface area (Å²) < 4.78 is 34.8. The quantitative estimate of drug-likeness (QED) is 0.811. The highest BCUT2D eigenvalue weighted by Crippen LogP contribution is 2.38. The second-order valence-electron chi connectivity index (χ2n) is 7.49. The lowest BCUT2D eigenvalue weighted by molar-refractivity contribution is -0.127. The standard InChI is InChI=1S/C22H28N2O4S/c1-6-11-23-22(25)20-13-24(18-9-7-8-10-19(18)28-20)29(26,27)21-16(4)14(2)12-15(3)17(21)5/h7-10,12,20H,6,11,13H2,1-5H3,(H,23,25)/t20-/m0/s1. The number of fused-ring (bicyclic) bond motifs is 1. The number of para-hydroxylation sites is 2. The van der Waals surface area contributed by atoms with E-state index < -0.39 is 16.1 Å². The van der Waals surface area contributed by atoms with Crippen LogP contribution in [0.5, 0.6) is 5.75 Å². The predicted octanol–water partition coefficient (Wildman–Crippen LogP) is 3.40. The van der Waals surface area contributed by atoms with Gasteiger partial charge in [-0.3, -0.25) is 9.10 Å². The van der Waals surface area contributed by atoms with E-state index in [4.69, 9.17) is 4.74 Å². The molecular weight excluding hydrogens is 388 g/mol. The number of carbonyl (C=O) groups excluding carboxylic acids is 1. The minimum absolute atomic E-state index is 0.0687. The van der Waals surface area contributed by atoms with Crippen LogP contribution >= 0.6 is 0 Å². The molecule has 0 aliphatic carbocycles. The summed E-state index contributed by atoms with van der Waals surface area (Å²) >= 11 is 0. The topological polar surface area (TPSA) is 75.7 Å². The molecule has 0 saturated carbocycles. The summed E-state index contributed by atoms with van der Waals surface area (Å²) in [6.45, 7) is 9.88. The summed E-state index contributed by atoms with van der Waals surface area (Å²) in [7, 11) is -3.90. The molecule has 0 radical (unpaired) electrons. The second kappa shape index (κ2) is 8.06. The van der Waals surface area contributed by atoms with Crippen LogP contribution in [0, 0.1) is 27.7 Å². The van der Waals surface area contributed by atoms with Gasteiger partial charge in [0.05, 0.1) is 17.1 Å². The van der Waals surface area contributed by atoms with Crippen LogP contribution in [0.15, 0.2) is 35.2 Å². The van der Waals surface area contributed by atoms with Crippen LogP contribution in [0.2, 0.25) is 0 Å². The number of amides is 1. The molecule has 0 unspecified atom stereocenters. The molecule has 1 atom stereocenters. The van der Waals surface area contributed by atoms with Crippen molar-refractivity contribution >= 4 is 21.6 Å².